The summed E-state index contributed by atoms with van der Waals surface area (Å²) in [6, 6.07) is 3.33. The zero-order valence-corrected chi connectivity index (χ0v) is 11.9. The molecule has 0 aliphatic rings. The van der Waals surface area contributed by atoms with Crippen LogP contribution in [0, 0.1) is 0 Å². The lowest BCUT2D eigenvalue weighted by molar-refractivity contribution is 0.545. The second-order valence-electron chi connectivity index (χ2n) is 3.37. The van der Waals surface area contributed by atoms with Crippen LogP contribution >= 0.6 is 27.3 Å². The topological polar surface area (TPSA) is 46.2 Å². The number of hydrogen-bond donors (Lipinski definition) is 1. The van der Waals surface area contributed by atoms with Crippen molar-refractivity contribution in [2.75, 3.05) is 0 Å². The third-order valence-corrected chi connectivity index (χ3v) is 5.60. The molecule has 3 nitrogen and oxygen atoms in total. The number of halogens is 1. The summed E-state index contributed by atoms with van der Waals surface area (Å²) in [5.41, 5.74) is 0. The smallest absolute Gasteiger partial charge is 0.208 e. The van der Waals surface area contributed by atoms with E-state index in [1.54, 1.807) is 12.1 Å². The minimum Gasteiger partial charge on any atom is -0.208 e. The average molecular weight is 312 g/mol. The summed E-state index contributed by atoms with van der Waals surface area (Å²) in [7, 11) is -3.32. The second kappa shape index (κ2) is 5.43. The first-order valence-corrected chi connectivity index (χ1v) is 7.82. The van der Waals surface area contributed by atoms with Crippen molar-refractivity contribution in [1.82, 2.24) is 4.72 Å². The van der Waals surface area contributed by atoms with Gasteiger partial charge in [-0.05, 0) is 41.4 Å². The molecule has 0 aliphatic heterocycles. The lowest BCUT2D eigenvalue weighted by atomic mass is 10.2. The Morgan fingerprint density at radius 3 is 2.67 bits per heavy atom. The highest BCUT2D eigenvalue weighted by Crippen LogP contribution is 2.26. The maximum absolute atomic E-state index is 11.8. The Balaban J connectivity index is 2.76. The summed E-state index contributed by atoms with van der Waals surface area (Å²) in [4.78, 5) is 0. The van der Waals surface area contributed by atoms with Gasteiger partial charge in [0.25, 0.3) is 0 Å². The summed E-state index contributed by atoms with van der Waals surface area (Å²) in [5.74, 6) is 0. The predicted octanol–water partition coefficient (Wildman–Crippen LogP) is 2.98. The van der Waals surface area contributed by atoms with Crippen LogP contribution in [0.1, 0.15) is 26.7 Å². The van der Waals surface area contributed by atoms with Crippen LogP contribution < -0.4 is 4.72 Å². The van der Waals surface area contributed by atoms with E-state index in [-0.39, 0.29) is 6.04 Å². The molecule has 15 heavy (non-hydrogen) atoms. The molecular formula is C9H14BrNO2S2. The largest absolute Gasteiger partial charge is 0.250 e. The van der Waals surface area contributed by atoms with Gasteiger partial charge in [-0.1, -0.05) is 13.3 Å². The van der Waals surface area contributed by atoms with Gasteiger partial charge >= 0.3 is 0 Å². The van der Waals surface area contributed by atoms with Crippen molar-refractivity contribution in [3.05, 3.63) is 15.9 Å². The van der Waals surface area contributed by atoms with Gasteiger partial charge in [0.1, 0.15) is 4.21 Å². The summed E-state index contributed by atoms with van der Waals surface area (Å²) in [6.45, 7) is 3.91. The highest BCUT2D eigenvalue weighted by atomic mass is 79.9. The summed E-state index contributed by atoms with van der Waals surface area (Å²) in [6.07, 6.45) is 1.82. The summed E-state index contributed by atoms with van der Waals surface area (Å²) < 4.78 is 27.5. The molecule has 0 radical (unpaired) electrons. The zero-order valence-electron chi connectivity index (χ0n) is 8.66. The molecule has 0 saturated heterocycles. The van der Waals surface area contributed by atoms with Crippen molar-refractivity contribution in [2.24, 2.45) is 0 Å². The molecule has 0 saturated carbocycles. The number of rotatable bonds is 5. The normalized spacial score (nSPS) is 14.1. The molecule has 1 heterocycles. The quantitative estimate of drug-likeness (QED) is 0.908. The van der Waals surface area contributed by atoms with Gasteiger partial charge in [-0.25, -0.2) is 13.1 Å². The van der Waals surface area contributed by atoms with E-state index in [0.717, 1.165) is 16.6 Å². The highest BCUT2D eigenvalue weighted by Gasteiger charge is 2.18. The Morgan fingerprint density at radius 2 is 2.20 bits per heavy atom. The van der Waals surface area contributed by atoms with Gasteiger partial charge in [-0.15, -0.1) is 11.3 Å². The fourth-order valence-electron chi connectivity index (χ4n) is 1.26. The third-order valence-electron chi connectivity index (χ3n) is 1.89. The Hall–Kier alpha value is 0.0900. The van der Waals surface area contributed by atoms with Crippen LogP contribution in [-0.2, 0) is 10.0 Å². The molecule has 1 atom stereocenters. The van der Waals surface area contributed by atoms with E-state index in [4.69, 9.17) is 0 Å². The number of sulfonamides is 1. The Morgan fingerprint density at radius 1 is 1.53 bits per heavy atom. The van der Waals surface area contributed by atoms with Crippen LogP contribution in [0.3, 0.4) is 0 Å². The lowest BCUT2D eigenvalue weighted by Gasteiger charge is -2.11. The predicted molar refractivity (Wildman–Crippen MR) is 66.7 cm³/mol. The summed E-state index contributed by atoms with van der Waals surface area (Å²) in [5, 5.41) is 0. The molecule has 1 N–H and O–H groups in total. The maximum atomic E-state index is 11.8. The van der Waals surface area contributed by atoms with E-state index < -0.39 is 10.0 Å². The molecular weight excluding hydrogens is 298 g/mol. The molecule has 0 aromatic carbocycles. The first kappa shape index (κ1) is 13.2. The number of nitrogens with one attached hydrogen (secondary N) is 1. The van der Waals surface area contributed by atoms with Gasteiger partial charge < -0.3 is 0 Å². The van der Waals surface area contributed by atoms with E-state index in [1.807, 2.05) is 13.8 Å². The third kappa shape index (κ3) is 3.86. The van der Waals surface area contributed by atoms with Crippen LogP contribution in [-0.4, -0.2) is 14.5 Å². The molecule has 0 bridgehead atoms. The van der Waals surface area contributed by atoms with Crippen molar-refractivity contribution in [2.45, 2.75) is 36.9 Å². The molecule has 0 fully saturated rings. The molecule has 1 rings (SSSR count). The summed E-state index contributed by atoms with van der Waals surface area (Å²) >= 11 is 4.47. The standard InChI is InChI=1S/C9H14BrNO2S2/c1-3-4-7(2)11-15(12,13)9-6-5-8(10)14-9/h5-7,11H,3-4H2,1-2H3. The fraction of sp³-hybridized carbons (Fsp3) is 0.556. The van der Waals surface area contributed by atoms with Crippen molar-refractivity contribution in [3.63, 3.8) is 0 Å². The minimum atomic E-state index is -3.32. The van der Waals surface area contributed by atoms with E-state index in [2.05, 4.69) is 20.7 Å². The van der Waals surface area contributed by atoms with Gasteiger partial charge in [-0.2, -0.15) is 0 Å². The monoisotopic (exact) mass is 311 g/mol. The number of thiophene rings is 1. The van der Waals surface area contributed by atoms with Crippen LogP contribution in [0.25, 0.3) is 0 Å². The van der Waals surface area contributed by atoms with E-state index in [1.165, 1.54) is 11.3 Å². The first-order chi connectivity index (χ1) is 6.95. The lowest BCUT2D eigenvalue weighted by Crippen LogP contribution is -2.31. The molecule has 1 unspecified atom stereocenters. The van der Waals surface area contributed by atoms with E-state index >= 15 is 0 Å². The van der Waals surface area contributed by atoms with Crippen LogP contribution in [0.5, 0.6) is 0 Å². The molecule has 0 spiro atoms. The average Bonchev–Trinajstić information content (AvgIpc) is 2.51. The number of hydrogen-bond acceptors (Lipinski definition) is 3. The van der Waals surface area contributed by atoms with Crippen molar-refractivity contribution in [3.8, 4) is 0 Å². The van der Waals surface area contributed by atoms with Crippen LogP contribution in [0.15, 0.2) is 20.1 Å². The molecule has 0 amide bonds. The SMILES string of the molecule is CCCC(C)NS(=O)(=O)c1ccc(Br)s1. The van der Waals surface area contributed by atoms with E-state index in [0.29, 0.717) is 4.21 Å². The fourth-order valence-corrected chi connectivity index (χ4v) is 4.56. The first-order valence-electron chi connectivity index (χ1n) is 4.73. The molecule has 1 aromatic rings. The van der Waals surface area contributed by atoms with Crippen molar-refractivity contribution in [1.29, 1.82) is 0 Å². The highest BCUT2D eigenvalue weighted by molar-refractivity contribution is 9.11. The van der Waals surface area contributed by atoms with Crippen LogP contribution in [0.2, 0.25) is 0 Å². The Labute approximate surface area is 103 Å². The Kier molecular flexibility index (Phi) is 4.76. The molecule has 0 aliphatic carbocycles. The van der Waals surface area contributed by atoms with Gasteiger partial charge in [0.05, 0.1) is 3.79 Å². The maximum Gasteiger partial charge on any atom is 0.250 e. The van der Waals surface area contributed by atoms with Crippen molar-refractivity contribution < 1.29 is 8.42 Å². The van der Waals surface area contributed by atoms with Gasteiger partial charge in [0.15, 0.2) is 0 Å². The second-order valence-corrected chi connectivity index (χ2v) is 7.77. The molecule has 86 valence electrons. The molecule has 6 heteroatoms. The van der Waals surface area contributed by atoms with Gasteiger partial charge in [-0.3, -0.25) is 0 Å². The van der Waals surface area contributed by atoms with Gasteiger partial charge in [0, 0.05) is 6.04 Å². The van der Waals surface area contributed by atoms with Gasteiger partial charge in [0.2, 0.25) is 10.0 Å². The van der Waals surface area contributed by atoms with Crippen LogP contribution in [0.4, 0.5) is 0 Å². The zero-order chi connectivity index (χ0) is 11.5. The van der Waals surface area contributed by atoms with E-state index in [9.17, 15) is 8.42 Å². The Bertz CT molecular complexity index is 414. The van der Waals surface area contributed by atoms with Crippen molar-refractivity contribution >= 4 is 37.3 Å². The minimum absolute atomic E-state index is 0.0131. The molecule has 1 aromatic heterocycles.